The number of nitrogens with two attached hydrogens (primary N) is 1. The van der Waals surface area contributed by atoms with Crippen molar-refractivity contribution in [2.75, 3.05) is 18.2 Å². The Labute approximate surface area is 117 Å². The molecule has 2 aromatic rings. The second-order valence-electron chi connectivity index (χ2n) is 4.43. The number of nitrogens with zero attached hydrogens (tertiary/aromatic N) is 2. The Bertz CT molecular complexity index is 634. The minimum Gasteiger partial charge on any atom is -0.494 e. The molecule has 0 radical (unpaired) electrons. The summed E-state index contributed by atoms with van der Waals surface area (Å²) in [5.74, 6) is 0.318. The van der Waals surface area contributed by atoms with Gasteiger partial charge in [0.25, 0.3) is 5.91 Å². The first-order valence-corrected chi connectivity index (χ1v) is 6.32. The summed E-state index contributed by atoms with van der Waals surface area (Å²) in [6.45, 7) is 1.96. The monoisotopic (exact) mass is 274 g/mol. The number of aryl methyl sites for hydroxylation is 2. The predicted octanol–water partition coefficient (Wildman–Crippen LogP) is 1.83. The van der Waals surface area contributed by atoms with Crippen LogP contribution in [0.25, 0.3) is 0 Å². The van der Waals surface area contributed by atoms with Crippen molar-refractivity contribution in [1.29, 1.82) is 0 Å². The molecule has 0 aliphatic heterocycles. The molecule has 0 spiro atoms. The molecule has 0 unspecified atom stereocenters. The molecule has 0 aliphatic carbocycles. The summed E-state index contributed by atoms with van der Waals surface area (Å²) in [5.41, 5.74) is 8.18. The van der Waals surface area contributed by atoms with Crippen LogP contribution >= 0.6 is 0 Å². The number of aromatic nitrogens is 2. The van der Waals surface area contributed by atoms with Gasteiger partial charge in [-0.15, -0.1) is 0 Å². The lowest BCUT2D eigenvalue weighted by molar-refractivity contribution is 0.102. The topological polar surface area (TPSA) is 82.2 Å². The average molecular weight is 274 g/mol. The summed E-state index contributed by atoms with van der Waals surface area (Å²) in [4.78, 5) is 12.3. The maximum Gasteiger partial charge on any atom is 0.259 e. The van der Waals surface area contributed by atoms with Crippen LogP contribution in [0.1, 0.15) is 23.0 Å². The van der Waals surface area contributed by atoms with Crippen molar-refractivity contribution in [2.45, 2.75) is 13.3 Å². The maximum atomic E-state index is 12.3. The molecule has 0 bridgehead atoms. The number of rotatable bonds is 4. The Morgan fingerprint density at radius 3 is 2.90 bits per heavy atom. The number of carbonyl (C=O) groups excluding carboxylic acids is 1. The summed E-state index contributed by atoms with van der Waals surface area (Å²) in [6.07, 6.45) is 2.40. The molecule has 2 rings (SSSR count). The number of nitrogen functional groups attached to an aromatic ring is 1. The quantitative estimate of drug-likeness (QED) is 0.833. The molecule has 6 heteroatoms. The fraction of sp³-hybridized carbons (Fsp3) is 0.286. The highest BCUT2D eigenvalue weighted by Crippen LogP contribution is 2.27. The zero-order chi connectivity index (χ0) is 14.7. The van der Waals surface area contributed by atoms with E-state index in [0.717, 1.165) is 5.69 Å². The van der Waals surface area contributed by atoms with Gasteiger partial charge in [-0.05, 0) is 18.6 Å². The Morgan fingerprint density at radius 2 is 2.25 bits per heavy atom. The van der Waals surface area contributed by atoms with E-state index in [4.69, 9.17) is 10.5 Å². The minimum atomic E-state index is -0.210. The molecule has 1 amide bonds. The van der Waals surface area contributed by atoms with Crippen LogP contribution in [0.15, 0.2) is 24.4 Å². The van der Waals surface area contributed by atoms with Crippen LogP contribution in [0.5, 0.6) is 5.75 Å². The highest BCUT2D eigenvalue weighted by atomic mass is 16.5. The third-order valence-electron chi connectivity index (χ3n) is 2.96. The number of methoxy groups -OCH3 is 1. The molecule has 1 aromatic heterocycles. The standard InChI is InChI=1S/C14H18N4O2/c1-4-11-10(8-18(2)17-11)14(19)16-12-6-5-9(15)7-13(12)20-3/h5-8H,4,15H2,1-3H3,(H,16,19). The molecule has 6 nitrogen and oxygen atoms in total. The number of hydrogen-bond acceptors (Lipinski definition) is 4. The number of anilines is 2. The third kappa shape index (κ3) is 2.74. The Kier molecular flexibility index (Phi) is 3.93. The first kappa shape index (κ1) is 13.9. The molecule has 1 aromatic carbocycles. The van der Waals surface area contributed by atoms with Crippen LogP contribution < -0.4 is 15.8 Å². The van der Waals surface area contributed by atoms with E-state index in [1.165, 1.54) is 7.11 Å². The number of hydrogen-bond donors (Lipinski definition) is 2. The van der Waals surface area contributed by atoms with Crippen LogP contribution in [0.3, 0.4) is 0 Å². The van der Waals surface area contributed by atoms with Crippen molar-refractivity contribution in [3.8, 4) is 5.75 Å². The van der Waals surface area contributed by atoms with Crippen molar-refractivity contribution in [2.24, 2.45) is 7.05 Å². The molecule has 0 fully saturated rings. The van der Waals surface area contributed by atoms with E-state index in [-0.39, 0.29) is 5.91 Å². The fourth-order valence-corrected chi connectivity index (χ4v) is 1.99. The van der Waals surface area contributed by atoms with Crippen molar-refractivity contribution >= 4 is 17.3 Å². The number of carbonyl (C=O) groups is 1. The third-order valence-corrected chi connectivity index (χ3v) is 2.96. The first-order valence-electron chi connectivity index (χ1n) is 6.32. The van der Waals surface area contributed by atoms with E-state index in [9.17, 15) is 4.79 Å². The molecule has 20 heavy (non-hydrogen) atoms. The second kappa shape index (κ2) is 5.64. The first-order chi connectivity index (χ1) is 9.55. The van der Waals surface area contributed by atoms with Gasteiger partial charge in [0, 0.05) is 25.0 Å². The van der Waals surface area contributed by atoms with Crippen LogP contribution in [0.2, 0.25) is 0 Å². The highest BCUT2D eigenvalue weighted by Gasteiger charge is 2.16. The normalized spacial score (nSPS) is 10.3. The molecule has 0 atom stereocenters. The minimum absolute atomic E-state index is 0.210. The molecular weight excluding hydrogens is 256 g/mol. The van der Waals surface area contributed by atoms with Crippen molar-refractivity contribution < 1.29 is 9.53 Å². The molecule has 0 saturated carbocycles. The van der Waals surface area contributed by atoms with Crippen molar-refractivity contribution in [1.82, 2.24) is 9.78 Å². The molecule has 3 N–H and O–H groups in total. The van der Waals surface area contributed by atoms with Crippen molar-refractivity contribution in [3.05, 3.63) is 35.7 Å². The van der Waals surface area contributed by atoms with Gasteiger partial charge in [-0.2, -0.15) is 5.10 Å². The predicted molar refractivity (Wildman–Crippen MR) is 77.9 cm³/mol. The summed E-state index contributed by atoms with van der Waals surface area (Å²) in [5, 5.41) is 7.07. The van der Waals surface area contributed by atoms with Crippen LogP contribution in [0, 0.1) is 0 Å². The van der Waals surface area contributed by atoms with Gasteiger partial charge >= 0.3 is 0 Å². The van der Waals surface area contributed by atoms with Gasteiger partial charge in [0.05, 0.1) is 24.1 Å². The lowest BCUT2D eigenvalue weighted by atomic mass is 10.2. The molecule has 106 valence electrons. The zero-order valence-corrected chi connectivity index (χ0v) is 11.8. The van der Waals surface area contributed by atoms with E-state index < -0.39 is 0 Å². The van der Waals surface area contributed by atoms with E-state index in [1.807, 2.05) is 6.92 Å². The number of nitrogens with one attached hydrogen (secondary N) is 1. The van der Waals surface area contributed by atoms with Gasteiger partial charge in [-0.3, -0.25) is 9.48 Å². The Hall–Kier alpha value is -2.50. The number of amides is 1. The van der Waals surface area contributed by atoms with Crippen LogP contribution in [-0.2, 0) is 13.5 Å². The van der Waals surface area contributed by atoms with E-state index in [2.05, 4.69) is 10.4 Å². The SMILES string of the molecule is CCc1nn(C)cc1C(=O)Nc1ccc(N)cc1OC. The molecule has 0 saturated heterocycles. The van der Waals surface area contributed by atoms with E-state index in [0.29, 0.717) is 29.1 Å². The zero-order valence-electron chi connectivity index (χ0n) is 11.8. The lowest BCUT2D eigenvalue weighted by Crippen LogP contribution is -2.14. The van der Waals surface area contributed by atoms with E-state index >= 15 is 0 Å². The van der Waals surface area contributed by atoms with Gasteiger partial charge in [0.2, 0.25) is 0 Å². The molecule has 0 aliphatic rings. The highest BCUT2D eigenvalue weighted by molar-refractivity contribution is 6.05. The van der Waals surface area contributed by atoms with Gasteiger partial charge < -0.3 is 15.8 Å². The number of ether oxygens (including phenoxy) is 1. The van der Waals surface area contributed by atoms with Gasteiger partial charge in [0.1, 0.15) is 5.75 Å². The van der Waals surface area contributed by atoms with Crippen LogP contribution in [-0.4, -0.2) is 22.8 Å². The van der Waals surface area contributed by atoms with Gasteiger partial charge in [0.15, 0.2) is 0 Å². The van der Waals surface area contributed by atoms with Crippen LogP contribution in [0.4, 0.5) is 11.4 Å². The fourth-order valence-electron chi connectivity index (χ4n) is 1.99. The van der Waals surface area contributed by atoms with E-state index in [1.54, 1.807) is 36.1 Å². The summed E-state index contributed by atoms with van der Waals surface area (Å²) >= 11 is 0. The Balaban J connectivity index is 2.27. The summed E-state index contributed by atoms with van der Waals surface area (Å²) < 4.78 is 6.84. The Morgan fingerprint density at radius 1 is 1.50 bits per heavy atom. The lowest BCUT2D eigenvalue weighted by Gasteiger charge is -2.10. The maximum absolute atomic E-state index is 12.3. The van der Waals surface area contributed by atoms with Gasteiger partial charge in [-0.25, -0.2) is 0 Å². The average Bonchev–Trinajstić information content (AvgIpc) is 2.82. The molecule has 1 heterocycles. The van der Waals surface area contributed by atoms with Gasteiger partial charge in [-0.1, -0.05) is 6.92 Å². The largest absolute Gasteiger partial charge is 0.494 e. The van der Waals surface area contributed by atoms with Crippen molar-refractivity contribution in [3.63, 3.8) is 0 Å². The summed E-state index contributed by atoms with van der Waals surface area (Å²) in [7, 11) is 3.33. The second-order valence-corrected chi connectivity index (χ2v) is 4.43. The summed E-state index contributed by atoms with van der Waals surface area (Å²) in [6, 6.07) is 5.09. The smallest absolute Gasteiger partial charge is 0.259 e. The molecular formula is C14H18N4O2. The number of benzene rings is 1.